The monoisotopic (exact) mass is 453 g/mol. The first-order valence-corrected chi connectivity index (χ1v) is 11.1. The molecule has 0 bridgehead atoms. The molecule has 0 radical (unpaired) electrons. The number of carbonyl (C=O) groups is 4. The average molecular weight is 454 g/mol. The summed E-state index contributed by atoms with van der Waals surface area (Å²) >= 11 is 0. The molecule has 0 aliphatic carbocycles. The van der Waals surface area contributed by atoms with E-state index in [9.17, 15) is 23.6 Å². The third-order valence-electron chi connectivity index (χ3n) is 5.67. The maximum absolute atomic E-state index is 14.2. The van der Waals surface area contributed by atoms with Gasteiger partial charge in [-0.15, -0.1) is 0 Å². The maximum atomic E-state index is 14.2. The van der Waals surface area contributed by atoms with Gasteiger partial charge in [0.25, 0.3) is 11.8 Å². The van der Waals surface area contributed by atoms with Crippen molar-refractivity contribution in [3.05, 3.63) is 71.0 Å². The highest BCUT2D eigenvalue weighted by Crippen LogP contribution is 2.23. The SMILES string of the molecule is CCCNC(=O)[C@@H](C)N(Cc1ccccc1F)C(=O)CCCN1C(=O)c2ccccc2C1=O. The van der Waals surface area contributed by atoms with Crippen molar-refractivity contribution in [1.82, 2.24) is 15.1 Å². The highest BCUT2D eigenvalue weighted by molar-refractivity contribution is 6.21. The molecule has 0 saturated carbocycles. The Kier molecular flexibility index (Phi) is 7.92. The van der Waals surface area contributed by atoms with Crippen molar-refractivity contribution in [2.45, 2.75) is 45.7 Å². The summed E-state index contributed by atoms with van der Waals surface area (Å²) in [4.78, 5) is 53.1. The van der Waals surface area contributed by atoms with Crippen molar-refractivity contribution < 1.29 is 23.6 Å². The molecule has 33 heavy (non-hydrogen) atoms. The van der Waals surface area contributed by atoms with Crippen molar-refractivity contribution in [2.24, 2.45) is 0 Å². The van der Waals surface area contributed by atoms with Gasteiger partial charge in [-0.05, 0) is 38.0 Å². The molecular weight excluding hydrogens is 425 g/mol. The Hall–Kier alpha value is -3.55. The van der Waals surface area contributed by atoms with Crippen molar-refractivity contribution in [3.63, 3.8) is 0 Å². The molecule has 1 atom stereocenters. The molecule has 7 nitrogen and oxygen atoms in total. The van der Waals surface area contributed by atoms with Crippen LogP contribution in [0.1, 0.15) is 59.4 Å². The van der Waals surface area contributed by atoms with Crippen LogP contribution in [-0.4, -0.2) is 52.6 Å². The Bertz CT molecular complexity index is 1020. The zero-order chi connectivity index (χ0) is 24.0. The van der Waals surface area contributed by atoms with Gasteiger partial charge in [-0.2, -0.15) is 0 Å². The lowest BCUT2D eigenvalue weighted by Crippen LogP contribution is -2.48. The molecule has 1 aliphatic rings. The summed E-state index contributed by atoms with van der Waals surface area (Å²) in [5, 5.41) is 2.77. The molecule has 8 heteroatoms. The molecule has 2 aromatic carbocycles. The number of fused-ring (bicyclic) bond motifs is 1. The molecule has 0 aromatic heterocycles. The second-order valence-electron chi connectivity index (χ2n) is 7.99. The Morgan fingerprint density at radius 3 is 2.24 bits per heavy atom. The Labute approximate surface area is 192 Å². The van der Waals surface area contributed by atoms with Crippen molar-refractivity contribution in [3.8, 4) is 0 Å². The molecule has 174 valence electrons. The van der Waals surface area contributed by atoms with Crippen LogP contribution < -0.4 is 5.32 Å². The molecule has 2 aromatic rings. The van der Waals surface area contributed by atoms with E-state index in [4.69, 9.17) is 0 Å². The molecular formula is C25H28FN3O4. The van der Waals surface area contributed by atoms with E-state index in [1.807, 2.05) is 6.92 Å². The first-order chi connectivity index (χ1) is 15.8. The van der Waals surface area contributed by atoms with E-state index in [1.165, 1.54) is 11.0 Å². The van der Waals surface area contributed by atoms with E-state index in [0.29, 0.717) is 23.2 Å². The fourth-order valence-corrected chi connectivity index (χ4v) is 3.76. The smallest absolute Gasteiger partial charge is 0.261 e. The lowest BCUT2D eigenvalue weighted by molar-refractivity contribution is -0.140. The lowest BCUT2D eigenvalue weighted by atomic mass is 10.1. The van der Waals surface area contributed by atoms with Gasteiger partial charge in [-0.1, -0.05) is 37.3 Å². The number of imide groups is 1. The zero-order valence-electron chi connectivity index (χ0n) is 18.8. The number of amides is 4. The quantitative estimate of drug-likeness (QED) is 0.560. The van der Waals surface area contributed by atoms with E-state index < -0.39 is 11.9 Å². The highest BCUT2D eigenvalue weighted by atomic mass is 19.1. The third-order valence-corrected chi connectivity index (χ3v) is 5.67. The number of nitrogens with one attached hydrogen (secondary N) is 1. The fraction of sp³-hybridized carbons (Fsp3) is 0.360. The van der Waals surface area contributed by atoms with Crippen LogP contribution in [0.3, 0.4) is 0 Å². The lowest BCUT2D eigenvalue weighted by Gasteiger charge is -2.29. The van der Waals surface area contributed by atoms with Crippen LogP contribution in [0.4, 0.5) is 4.39 Å². The van der Waals surface area contributed by atoms with Crippen LogP contribution in [0.5, 0.6) is 0 Å². The minimum absolute atomic E-state index is 0.00720. The molecule has 1 N–H and O–H groups in total. The molecule has 4 amide bonds. The summed E-state index contributed by atoms with van der Waals surface area (Å²) in [7, 11) is 0. The Morgan fingerprint density at radius 2 is 1.64 bits per heavy atom. The van der Waals surface area contributed by atoms with Crippen molar-refractivity contribution in [1.29, 1.82) is 0 Å². The summed E-state index contributed by atoms with van der Waals surface area (Å²) in [6, 6.07) is 11.9. The predicted molar refractivity (Wildman–Crippen MR) is 121 cm³/mol. The summed E-state index contributed by atoms with van der Waals surface area (Å²) < 4.78 is 14.2. The second kappa shape index (κ2) is 10.8. The number of halogens is 1. The van der Waals surface area contributed by atoms with Gasteiger partial charge in [-0.25, -0.2) is 4.39 Å². The normalized spacial score (nSPS) is 13.6. The number of nitrogens with zero attached hydrogens (tertiary/aromatic N) is 2. The topological polar surface area (TPSA) is 86.8 Å². The minimum Gasteiger partial charge on any atom is -0.354 e. The van der Waals surface area contributed by atoms with Crippen LogP contribution in [0.2, 0.25) is 0 Å². The van der Waals surface area contributed by atoms with E-state index in [1.54, 1.807) is 49.4 Å². The summed E-state index contributed by atoms with van der Waals surface area (Å²) in [6.45, 7) is 4.03. The van der Waals surface area contributed by atoms with Gasteiger partial charge >= 0.3 is 0 Å². The second-order valence-corrected chi connectivity index (χ2v) is 7.99. The van der Waals surface area contributed by atoms with Gasteiger partial charge in [0.15, 0.2) is 0 Å². The summed E-state index contributed by atoms with van der Waals surface area (Å²) in [5.74, 6) is -1.88. The van der Waals surface area contributed by atoms with Gasteiger partial charge in [0, 0.05) is 31.6 Å². The van der Waals surface area contributed by atoms with E-state index >= 15 is 0 Å². The number of rotatable bonds is 10. The number of benzene rings is 2. The van der Waals surface area contributed by atoms with Crippen LogP contribution in [-0.2, 0) is 16.1 Å². The van der Waals surface area contributed by atoms with E-state index in [2.05, 4.69) is 5.32 Å². The third kappa shape index (κ3) is 5.45. The zero-order valence-corrected chi connectivity index (χ0v) is 18.8. The van der Waals surface area contributed by atoms with Crippen LogP contribution in [0, 0.1) is 5.82 Å². The van der Waals surface area contributed by atoms with Gasteiger partial charge in [0.2, 0.25) is 11.8 Å². The van der Waals surface area contributed by atoms with Crippen molar-refractivity contribution in [2.75, 3.05) is 13.1 Å². The molecule has 0 spiro atoms. The maximum Gasteiger partial charge on any atom is 0.261 e. The molecule has 0 unspecified atom stereocenters. The molecule has 3 rings (SSSR count). The number of hydrogen-bond donors (Lipinski definition) is 1. The predicted octanol–water partition coefficient (Wildman–Crippen LogP) is 3.15. The van der Waals surface area contributed by atoms with Gasteiger partial charge in [0.05, 0.1) is 11.1 Å². The molecule has 1 aliphatic heterocycles. The standard InChI is InChI=1S/C25H28FN3O4/c1-3-14-27-23(31)17(2)29(16-18-9-4-7-12-21(18)26)22(30)13-8-15-28-24(32)19-10-5-6-11-20(19)25(28)33/h4-7,9-12,17H,3,8,13-16H2,1-2H3,(H,27,31)/t17-/m1/s1. The van der Waals surface area contributed by atoms with Gasteiger partial charge < -0.3 is 10.2 Å². The first kappa shape index (κ1) is 24.1. The molecule has 1 heterocycles. The highest BCUT2D eigenvalue weighted by Gasteiger charge is 2.35. The van der Waals surface area contributed by atoms with Crippen molar-refractivity contribution >= 4 is 23.6 Å². The number of carbonyl (C=O) groups excluding carboxylic acids is 4. The van der Waals surface area contributed by atoms with E-state index in [-0.39, 0.29) is 49.6 Å². The fourth-order valence-electron chi connectivity index (χ4n) is 3.76. The van der Waals surface area contributed by atoms with Gasteiger partial charge in [-0.3, -0.25) is 24.1 Å². The number of hydrogen-bond acceptors (Lipinski definition) is 4. The minimum atomic E-state index is -0.803. The van der Waals surface area contributed by atoms with E-state index in [0.717, 1.165) is 11.3 Å². The van der Waals surface area contributed by atoms with Crippen LogP contribution in [0.15, 0.2) is 48.5 Å². The first-order valence-electron chi connectivity index (χ1n) is 11.1. The van der Waals surface area contributed by atoms with Gasteiger partial charge in [0.1, 0.15) is 11.9 Å². The summed E-state index contributed by atoms with van der Waals surface area (Å²) in [5.41, 5.74) is 1.02. The molecule has 0 saturated heterocycles. The Balaban J connectivity index is 1.67. The average Bonchev–Trinajstić information content (AvgIpc) is 3.06. The molecule has 0 fully saturated rings. The van der Waals surface area contributed by atoms with Crippen LogP contribution in [0.25, 0.3) is 0 Å². The van der Waals surface area contributed by atoms with Crippen LogP contribution >= 0.6 is 0 Å². The Morgan fingerprint density at radius 1 is 1.03 bits per heavy atom. The summed E-state index contributed by atoms with van der Waals surface area (Å²) in [6.07, 6.45) is 0.995. The largest absolute Gasteiger partial charge is 0.354 e.